The van der Waals surface area contributed by atoms with E-state index in [4.69, 9.17) is 11.6 Å². The third-order valence-corrected chi connectivity index (χ3v) is 3.17. The van der Waals surface area contributed by atoms with Crippen LogP contribution in [0.1, 0.15) is 6.92 Å². The maximum Gasteiger partial charge on any atom is 0.243 e. The van der Waals surface area contributed by atoms with Gasteiger partial charge in [0.2, 0.25) is 5.91 Å². The number of pyridine rings is 1. The van der Waals surface area contributed by atoms with E-state index in [1.165, 1.54) is 0 Å². The number of likely N-dealkylation sites (N-methyl/N-ethyl adjacent to an activating group) is 1. The molecule has 0 saturated heterocycles. The number of hydrogen-bond acceptors (Lipinski definition) is 3. The van der Waals surface area contributed by atoms with Gasteiger partial charge in [-0.15, -0.1) is 0 Å². The second kappa shape index (κ2) is 6.91. The number of aromatic nitrogens is 1. The van der Waals surface area contributed by atoms with Gasteiger partial charge in [-0.05, 0) is 31.2 Å². The maximum absolute atomic E-state index is 12.1. The molecule has 0 aliphatic carbocycles. The Labute approximate surface area is 123 Å². The van der Waals surface area contributed by atoms with Crippen LogP contribution in [0.25, 0.3) is 0 Å². The summed E-state index contributed by atoms with van der Waals surface area (Å²) in [5.74, 6) is -0.120. The van der Waals surface area contributed by atoms with Gasteiger partial charge in [0, 0.05) is 18.4 Å². The molecule has 0 fully saturated rings. The predicted molar refractivity (Wildman–Crippen MR) is 82.2 cm³/mol. The number of nitrogens with zero attached hydrogens (tertiary/aromatic N) is 2. The molecule has 0 unspecified atom stereocenters. The molecule has 0 aliphatic heterocycles. The van der Waals surface area contributed by atoms with Crippen molar-refractivity contribution in [1.29, 1.82) is 0 Å². The molecule has 0 saturated carbocycles. The van der Waals surface area contributed by atoms with Crippen molar-refractivity contribution in [2.75, 3.05) is 23.3 Å². The van der Waals surface area contributed by atoms with Crippen LogP contribution in [0, 0.1) is 0 Å². The Kier molecular flexibility index (Phi) is 4.96. The van der Waals surface area contributed by atoms with Gasteiger partial charge in [-0.25, -0.2) is 4.98 Å². The fourth-order valence-electron chi connectivity index (χ4n) is 1.87. The first kappa shape index (κ1) is 14.3. The van der Waals surface area contributed by atoms with Gasteiger partial charge in [0.05, 0.1) is 12.2 Å². The van der Waals surface area contributed by atoms with Gasteiger partial charge in [-0.3, -0.25) is 4.79 Å². The third kappa shape index (κ3) is 3.71. The Morgan fingerprint density at radius 1 is 1.25 bits per heavy atom. The van der Waals surface area contributed by atoms with Crippen molar-refractivity contribution in [3.8, 4) is 0 Å². The van der Waals surface area contributed by atoms with Crippen LogP contribution in [0.3, 0.4) is 0 Å². The van der Waals surface area contributed by atoms with E-state index in [1.807, 2.05) is 42.2 Å². The molecule has 0 aliphatic rings. The van der Waals surface area contributed by atoms with Crippen LogP contribution in [0.2, 0.25) is 5.15 Å². The molecule has 20 heavy (non-hydrogen) atoms. The van der Waals surface area contributed by atoms with E-state index < -0.39 is 0 Å². The monoisotopic (exact) mass is 289 g/mol. The minimum Gasteiger partial charge on any atom is -0.362 e. The number of amides is 1. The van der Waals surface area contributed by atoms with Gasteiger partial charge in [0.25, 0.3) is 0 Å². The molecular formula is C15H16ClN3O. The highest BCUT2D eigenvalue weighted by Crippen LogP contribution is 2.18. The van der Waals surface area contributed by atoms with Crippen LogP contribution in [0.5, 0.6) is 0 Å². The van der Waals surface area contributed by atoms with Crippen LogP contribution in [0.4, 0.5) is 11.4 Å². The van der Waals surface area contributed by atoms with Crippen molar-refractivity contribution in [2.24, 2.45) is 0 Å². The van der Waals surface area contributed by atoms with E-state index in [0.29, 0.717) is 10.8 Å². The Morgan fingerprint density at radius 3 is 2.65 bits per heavy atom. The zero-order chi connectivity index (χ0) is 14.4. The molecule has 1 aromatic heterocycles. The molecule has 0 radical (unpaired) electrons. The average molecular weight is 290 g/mol. The lowest BCUT2D eigenvalue weighted by molar-refractivity contribution is -0.115. The minimum absolute atomic E-state index is 0.120. The third-order valence-electron chi connectivity index (χ3n) is 2.87. The zero-order valence-electron chi connectivity index (χ0n) is 11.2. The van der Waals surface area contributed by atoms with Crippen molar-refractivity contribution in [3.63, 3.8) is 0 Å². The number of anilines is 2. The molecule has 2 rings (SSSR count). The molecule has 4 nitrogen and oxygen atoms in total. The van der Waals surface area contributed by atoms with E-state index in [9.17, 15) is 4.79 Å². The zero-order valence-corrected chi connectivity index (χ0v) is 12.0. The SMILES string of the molecule is CCN(CC(=O)Nc1cccnc1Cl)c1ccccc1. The lowest BCUT2D eigenvalue weighted by Gasteiger charge is -2.22. The van der Waals surface area contributed by atoms with Crippen molar-refractivity contribution >= 4 is 28.9 Å². The van der Waals surface area contributed by atoms with E-state index in [-0.39, 0.29) is 12.5 Å². The molecule has 2 aromatic rings. The summed E-state index contributed by atoms with van der Waals surface area (Å²) in [6.07, 6.45) is 1.58. The van der Waals surface area contributed by atoms with Gasteiger partial charge in [0.1, 0.15) is 0 Å². The highest BCUT2D eigenvalue weighted by Gasteiger charge is 2.11. The standard InChI is InChI=1S/C15H16ClN3O/c1-2-19(12-7-4-3-5-8-12)11-14(20)18-13-9-6-10-17-15(13)16/h3-10H,2,11H2,1H3,(H,18,20). The van der Waals surface area contributed by atoms with Crippen LogP contribution in [-0.2, 0) is 4.79 Å². The molecule has 1 aromatic carbocycles. The summed E-state index contributed by atoms with van der Waals surface area (Å²) >= 11 is 5.92. The fraction of sp³-hybridized carbons (Fsp3) is 0.200. The molecule has 1 heterocycles. The highest BCUT2D eigenvalue weighted by atomic mass is 35.5. The second-order valence-corrected chi connectivity index (χ2v) is 4.60. The van der Waals surface area contributed by atoms with Crippen molar-refractivity contribution in [3.05, 3.63) is 53.8 Å². The Bertz CT molecular complexity index is 574. The minimum atomic E-state index is -0.120. The van der Waals surface area contributed by atoms with Gasteiger partial charge >= 0.3 is 0 Å². The number of hydrogen-bond donors (Lipinski definition) is 1. The average Bonchev–Trinajstić information content (AvgIpc) is 2.48. The van der Waals surface area contributed by atoms with E-state index in [0.717, 1.165) is 12.2 Å². The maximum atomic E-state index is 12.1. The molecular weight excluding hydrogens is 274 g/mol. The second-order valence-electron chi connectivity index (χ2n) is 4.24. The van der Waals surface area contributed by atoms with Gasteiger partial charge in [-0.1, -0.05) is 29.8 Å². The quantitative estimate of drug-likeness (QED) is 0.860. The number of halogens is 1. The predicted octanol–water partition coefficient (Wildman–Crippen LogP) is 3.20. The molecule has 0 atom stereocenters. The number of carbonyl (C=O) groups is 1. The summed E-state index contributed by atoms with van der Waals surface area (Å²) in [4.78, 5) is 18.0. The van der Waals surface area contributed by atoms with E-state index in [1.54, 1.807) is 18.3 Å². The van der Waals surface area contributed by atoms with Crippen LogP contribution < -0.4 is 10.2 Å². The van der Waals surface area contributed by atoms with Gasteiger partial charge in [0.15, 0.2) is 5.15 Å². The molecule has 1 N–H and O–H groups in total. The molecule has 5 heteroatoms. The first-order chi connectivity index (χ1) is 9.70. The first-order valence-corrected chi connectivity index (χ1v) is 6.79. The largest absolute Gasteiger partial charge is 0.362 e. The molecule has 0 bridgehead atoms. The van der Waals surface area contributed by atoms with Crippen LogP contribution in [-0.4, -0.2) is 24.0 Å². The van der Waals surface area contributed by atoms with Crippen LogP contribution in [0.15, 0.2) is 48.7 Å². The Hall–Kier alpha value is -2.07. The number of benzene rings is 1. The molecule has 104 valence electrons. The Morgan fingerprint density at radius 2 is 2.00 bits per heavy atom. The first-order valence-electron chi connectivity index (χ1n) is 6.41. The lowest BCUT2D eigenvalue weighted by Crippen LogP contribution is -2.33. The topological polar surface area (TPSA) is 45.2 Å². The van der Waals surface area contributed by atoms with Crippen molar-refractivity contribution in [1.82, 2.24) is 4.98 Å². The number of rotatable bonds is 5. The molecule has 0 spiro atoms. The summed E-state index contributed by atoms with van der Waals surface area (Å²) < 4.78 is 0. The van der Waals surface area contributed by atoms with Gasteiger partial charge in [-0.2, -0.15) is 0 Å². The summed E-state index contributed by atoms with van der Waals surface area (Å²) in [7, 11) is 0. The summed E-state index contributed by atoms with van der Waals surface area (Å²) in [6.45, 7) is 3.03. The normalized spacial score (nSPS) is 10.1. The number of carbonyl (C=O) groups excluding carboxylic acids is 1. The number of nitrogens with one attached hydrogen (secondary N) is 1. The highest BCUT2D eigenvalue weighted by molar-refractivity contribution is 6.32. The van der Waals surface area contributed by atoms with Crippen molar-refractivity contribution in [2.45, 2.75) is 6.92 Å². The van der Waals surface area contributed by atoms with Gasteiger partial charge < -0.3 is 10.2 Å². The number of para-hydroxylation sites is 1. The Balaban J connectivity index is 2.02. The van der Waals surface area contributed by atoms with Crippen LogP contribution >= 0.6 is 11.6 Å². The summed E-state index contributed by atoms with van der Waals surface area (Å²) in [5, 5.41) is 3.06. The van der Waals surface area contributed by atoms with E-state index >= 15 is 0 Å². The lowest BCUT2D eigenvalue weighted by atomic mass is 10.3. The van der Waals surface area contributed by atoms with E-state index in [2.05, 4.69) is 10.3 Å². The molecule has 1 amide bonds. The summed E-state index contributed by atoms with van der Waals surface area (Å²) in [5.41, 5.74) is 1.55. The smallest absolute Gasteiger partial charge is 0.243 e. The fourth-order valence-corrected chi connectivity index (χ4v) is 2.03. The van der Waals surface area contributed by atoms with Crippen molar-refractivity contribution < 1.29 is 4.79 Å². The summed E-state index contributed by atoms with van der Waals surface area (Å²) in [6, 6.07) is 13.3.